The molecule has 0 fully saturated rings. The highest BCUT2D eigenvalue weighted by atomic mass is 14.1. The third-order valence-electron chi connectivity index (χ3n) is 5.31. The van der Waals surface area contributed by atoms with Crippen LogP contribution in [0.5, 0.6) is 0 Å². The van der Waals surface area contributed by atoms with Gasteiger partial charge >= 0.3 is 0 Å². The molecule has 5 aromatic carbocycles. The maximum Gasteiger partial charge on any atom is -0.00987 e. The first-order valence-corrected chi connectivity index (χ1v) is 8.46. The van der Waals surface area contributed by atoms with E-state index in [4.69, 9.17) is 0 Å². The molecule has 0 amide bonds. The Morgan fingerprint density at radius 2 is 1.04 bits per heavy atom. The number of hydrogen-bond acceptors (Lipinski definition) is 0. The maximum atomic E-state index is 2.36. The third kappa shape index (κ3) is 1.86. The molecule has 0 N–H and O–H groups in total. The Morgan fingerprint density at radius 3 is 1.83 bits per heavy atom. The second-order valence-electron chi connectivity index (χ2n) is 6.80. The highest BCUT2D eigenvalue weighted by molar-refractivity contribution is 6.19. The van der Waals surface area contributed by atoms with Crippen LogP contribution in [0.15, 0.2) is 72.8 Å². The van der Waals surface area contributed by atoms with Gasteiger partial charge < -0.3 is 0 Å². The van der Waals surface area contributed by atoms with Crippen molar-refractivity contribution in [3.8, 4) is 0 Å². The summed E-state index contributed by atoms with van der Waals surface area (Å²) in [4.78, 5) is 0. The van der Waals surface area contributed by atoms with E-state index >= 15 is 0 Å². The van der Waals surface area contributed by atoms with Crippen molar-refractivity contribution in [3.63, 3.8) is 0 Å². The molecular formula is C24H18. The van der Waals surface area contributed by atoms with Crippen molar-refractivity contribution in [1.29, 1.82) is 0 Å². The van der Waals surface area contributed by atoms with Crippen LogP contribution in [0.2, 0.25) is 0 Å². The molecule has 0 unspecified atom stereocenters. The van der Waals surface area contributed by atoms with E-state index in [1.165, 1.54) is 54.2 Å². The Kier molecular flexibility index (Phi) is 2.72. The standard InChI is InChI=1S/C24H18/c1-15-11-19-13-18-8-10-22-21-6-4-3-5-17(21)7-9-23(22)24(18)14-20(19)12-16(15)2/h3-14H,1-2H3. The molecule has 0 aliphatic heterocycles. The summed E-state index contributed by atoms with van der Waals surface area (Å²) in [6, 6.07) is 27.0. The average molecular weight is 306 g/mol. The van der Waals surface area contributed by atoms with Gasteiger partial charge in [0.1, 0.15) is 0 Å². The van der Waals surface area contributed by atoms with Gasteiger partial charge in [0.2, 0.25) is 0 Å². The predicted molar refractivity (Wildman–Crippen MR) is 106 cm³/mol. The molecule has 0 aliphatic carbocycles. The molecule has 24 heavy (non-hydrogen) atoms. The molecule has 5 aromatic rings. The Morgan fingerprint density at radius 1 is 0.417 bits per heavy atom. The van der Waals surface area contributed by atoms with Gasteiger partial charge in [-0.05, 0) is 80.2 Å². The van der Waals surface area contributed by atoms with Crippen LogP contribution in [0.3, 0.4) is 0 Å². The average Bonchev–Trinajstić information content (AvgIpc) is 2.61. The van der Waals surface area contributed by atoms with Crippen molar-refractivity contribution in [2.45, 2.75) is 13.8 Å². The highest BCUT2D eigenvalue weighted by Gasteiger charge is 2.06. The molecular weight excluding hydrogens is 288 g/mol. The zero-order chi connectivity index (χ0) is 16.3. The molecule has 0 nitrogen and oxygen atoms in total. The number of benzene rings is 5. The first kappa shape index (κ1) is 13.6. The van der Waals surface area contributed by atoms with Gasteiger partial charge in [0.25, 0.3) is 0 Å². The second-order valence-corrected chi connectivity index (χ2v) is 6.80. The molecule has 0 saturated heterocycles. The SMILES string of the molecule is Cc1cc2cc3ccc4c5ccccc5ccc4c3cc2cc1C. The van der Waals surface area contributed by atoms with Crippen LogP contribution in [0.25, 0.3) is 43.1 Å². The number of rotatable bonds is 0. The van der Waals surface area contributed by atoms with E-state index in [1.54, 1.807) is 0 Å². The highest BCUT2D eigenvalue weighted by Crippen LogP contribution is 2.34. The van der Waals surface area contributed by atoms with Gasteiger partial charge in [0.05, 0.1) is 0 Å². The van der Waals surface area contributed by atoms with Crippen molar-refractivity contribution in [1.82, 2.24) is 0 Å². The van der Waals surface area contributed by atoms with Crippen molar-refractivity contribution < 1.29 is 0 Å². The Hall–Kier alpha value is -2.86. The first-order valence-electron chi connectivity index (χ1n) is 8.46. The van der Waals surface area contributed by atoms with Crippen LogP contribution in [-0.2, 0) is 0 Å². The van der Waals surface area contributed by atoms with Crippen molar-refractivity contribution in [2.24, 2.45) is 0 Å². The van der Waals surface area contributed by atoms with Gasteiger partial charge in [0, 0.05) is 0 Å². The van der Waals surface area contributed by atoms with Gasteiger partial charge in [-0.15, -0.1) is 0 Å². The van der Waals surface area contributed by atoms with E-state index in [1.807, 2.05) is 0 Å². The summed E-state index contributed by atoms with van der Waals surface area (Å²) in [6.07, 6.45) is 0. The summed E-state index contributed by atoms with van der Waals surface area (Å²) in [5, 5.41) is 10.6. The molecule has 0 heteroatoms. The molecule has 0 heterocycles. The second kappa shape index (κ2) is 4.82. The Bertz CT molecular complexity index is 1260. The van der Waals surface area contributed by atoms with Crippen molar-refractivity contribution in [2.75, 3.05) is 0 Å². The Balaban J connectivity index is 1.97. The van der Waals surface area contributed by atoms with Crippen LogP contribution >= 0.6 is 0 Å². The summed E-state index contributed by atoms with van der Waals surface area (Å²) >= 11 is 0. The summed E-state index contributed by atoms with van der Waals surface area (Å²) in [6.45, 7) is 4.38. The molecule has 0 atom stereocenters. The molecule has 0 radical (unpaired) electrons. The number of aryl methyl sites for hydroxylation is 2. The van der Waals surface area contributed by atoms with Gasteiger partial charge in [-0.25, -0.2) is 0 Å². The minimum absolute atomic E-state index is 1.30. The van der Waals surface area contributed by atoms with Gasteiger partial charge in [-0.1, -0.05) is 60.7 Å². The third-order valence-corrected chi connectivity index (χ3v) is 5.31. The Labute approximate surface area is 141 Å². The normalized spacial score (nSPS) is 11.8. The first-order chi connectivity index (χ1) is 11.7. The largest absolute Gasteiger partial charge is 0.0616 e. The van der Waals surface area contributed by atoms with Gasteiger partial charge in [-0.3, -0.25) is 0 Å². The molecule has 0 saturated carbocycles. The topological polar surface area (TPSA) is 0 Å². The molecule has 5 rings (SSSR count). The minimum atomic E-state index is 1.30. The zero-order valence-corrected chi connectivity index (χ0v) is 13.9. The summed E-state index contributed by atoms with van der Waals surface area (Å²) in [7, 11) is 0. The van der Waals surface area contributed by atoms with E-state index in [0.29, 0.717) is 0 Å². The van der Waals surface area contributed by atoms with Crippen LogP contribution in [0.4, 0.5) is 0 Å². The fourth-order valence-corrected chi connectivity index (χ4v) is 3.85. The van der Waals surface area contributed by atoms with Crippen LogP contribution in [0.1, 0.15) is 11.1 Å². The lowest BCUT2D eigenvalue weighted by atomic mass is 9.94. The molecule has 0 spiro atoms. The lowest BCUT2D eigenvalue weighted by Crippen LogP contribution is -1.85. The zero-order valence-electron chi connectivity index (χ0n) is 13.9. The van der Waals surface area contributed by atoms with Gasteiger partial charge in [0.15, 0.2) is 0 Å². The molecule has 0 aromatic heterocycles. The van der Waals surface area contributed by atoms with Crippen molar-refractivity contribution >= 4 is 43.1 Å². The van der Waals surface area contributed by atoms with Crippen molar-refractivity contribution in [3.05, 3.63) is 83.9 Å². The predicted octanol–water partition coefficient (Wildman–Crippen LogP) is 6.92. The maximum absolute atomic E-state index is 2.36. The molecule has 0 bridgehead atoms. The lowest BCUT2D eigenvalue weighted by molar-refractivity contribution is 1.37. The number of fused-ring (bicyclic) bond motifs is 6. The summed E-state index contributed by atoms with van der Waals surface area (Å²) in [5.41, 5.74) is 2.71. The van der Waals surface area contributed by atoms with Crippen LogP contribution in [0, 0.1) is 13.8 Å². The quantitative estimate of drug-likeness (QED) is 0.215. The van der Waals surface area contributed by atoms with Crippen LogP contribution < -0.4 is 0 Å². The van der Waals surface area contributed by atoms with E-state index in [2.05, 4.69) is 86.6 Å². The fourth-order valence-electron chi connectivity index (χ4n) is 3.85. The minimum Gasteiger partial charge on any atom is -0.0616 e. The molecule has 114 valence electrons. The van der Waals surface area contributed by atoms with E-state index in [-0.39, 0.29) is 0 Å². The summed E-state index contributed by atoms with van der Waals surface area (Å²) in [5.74, 6) is 0. The monoisotopic (exact) mass is 306 g/mol. The van der Waals surface area contributed by atoms with Gasteiger partial charge in [-0.2, -0.15) is 0 Å². The van der Waals surface area contributed by atoms with E-state index < -0.39 is 0 Å². The summed E-state index contributed by atoms with van der Waals surface area (Å²) < 4.78 is 0. The number of hydrogen-bond donors (Lipinski definition) is 0. The lowest BCUT2D eigenvalue weighted by Gasteiger charge is -2.10. The fraction of sp³-hybridized carbons (Fsp3) is 0.0833. The van der Waals surface area contributed by atoms with E-state index in [9.17, 15) is 0 Å². The van der Waals surface area contributed by atoms with Crippen LogP contribution in [-0.4, -0.2) is 0 Å². The smallest absolute Gasteiger partial charge is 0.00987 e. The molecule has 0 aliphatic rings. The van der Waals surface area contributed by atoms with E-state index in [0.717, 1.165) is 0 Å².